The Labute approximate surface area is 192 Å². The summed E-state index contributed by atoms with van der Waals surface area (Å²) in [7, 11) is 1.57. The molecule has 0 fully saturated rings. The molecule has 0 saturated carbocycles. The normalized spacial score (nSPS) is 12.8. The van der Waals surface area contributed by atoms with Crippen LogP contribution in [0.1, 0.15) is 27.2 Å². The molecule has 0 spiro atoms. The van der Waals surface area contributed by atoms with Crippen LogP contribution in [-0.2, 0) is 6.54 Å². The van der Waals surface area contributed by atoms with Crippen molar-refractivity contribution >= 4 is 17.2 Å². The number of amides is 1. The van der Waals surface area contributed by atoms with E-state index in [1.807, 2.05) is 18.2 Å². The number of terminal acetylenes is 1. The minimum Gasteiger partial charge on any atom is -0.496 e. The number of hydrogen-bond donors (Lipinski definition) is 0. The molecule has 1 aromatic heterocycles. The maximum Gasteiger partial charge on any atom is 0.258 e. The number of rotatable bonds is 6. The molecule has 2 heterocycles. The number of nitrogens with zero attached hydrogens (tertiary/aromatic N) is 1. The minimum absolute atomic E-state index is 0.0916. The van der Waals surface area contributed by atoms with Gasteiger partial charge in [-0.1, -0.05) is 12.1 Å². The van der Waals surface area contributed by atoms with Crippen molar-refractivity contribution in [3.8, 4) is 40.0 Å². The Morgan fingerprint density at radius 3 is 2.81 bits per heavy atom. The van der Waals surface area contributed by atoms with Crippen LogP contribution in [0.2, 0.25) is 0 Å². The topological polar surface area (TPSA) is 48.0 Å². The third kappa shape index (κ3) is 4.58. The number of methoxy groups -OCH3 is 1. The van der Waals surface area contributed by atoms with Gasteiger partial charge < -0.3 is 19.1 Å². The number of benzene rings is 2. The molecule has 164 valence electrons. The Morgan fingerprint density at radius 2 is 2.06 bits per heavy atom. The second kappa shape index (κ2) is 9.80. The summed E-state index contributed by atoms with van der Waals surface area (Å²) in [6.07, 6.45) is 5.91. The van der Waals surface area contributed by atoms with Crippen molar-refractivity contribution in [2.45, 2.75) is 19.9 Å². The molecule has 0 saturated heterocycles. The summed E-state index contributed by atoms with van der Waals surface area (Å²) in [6.45, 7) is 3.73. The minimum atomic E-state index is -0.0916. The van der Waals surface area contributed by atoms with E-state index in [4.69, 9.17) is 20.6 Å². The van der Waals surface area contributed by atoms with Crippen LogP contribution in [-0.4, -0.2) is 37.7 Å². The fourth-order valence-electron chi connectivity index (χ4n) is 3.71. The number of ether oxygens (including phenoxy) is 3. The van der Waals surface area contributed by atoms with Crippen LogP contribution in [0, 0.1) is 19.3 Å². The predicted octanol–water partition coefficient (Wildman–Crippen LogP) is 5.17. The Balaban J connectivity index is 1.71. The van der Waals surface area contributed by atoms with Crippen molar-refractivity contribution in [2.75, 3.05) is 26.9 Å². The number of fused-ring (bicyclic) bond motifs is 1. The van der Waals surface area contributed by atoms with Gasteiger partial charge in [-0.15, -0.1) is 23.7 Å². The number of aryl methyl sites for hydroxylation is 1. The molecule has 0 bridgehead atoms. The molecule has 32 heavy (non-hydrogen) atoms. The molecule has 0 radical (unpaired) electrons. The number of thiophene rings is 1. The van der Waals surface area contributed by atoms with Crippen molar-refractivity contribution in [3.63, 3.8) is 0 Å². The molecule has 0 atom stereocenters. The Kier molecular flexibility index (Phi) is 6.67. The van der Waals surface area contributed by atoms with Crippen molar-refractivity contribution < 1.29 is 19.0 Å². The summed E-state index contributed by atoms with van der Waals surface area (Å²) in [5, 5.41) is 0. The van der Waals surface area contributed by atoms with Crippen LogP contribution >= 0.6 is 11.3 Å². The zero-order chi connectivity index (χ0) is 22.5. The van der Waals surface area contributed by atoms with Gasteiger partial charge in [0, 0.05) is 28.3 Å². The first-order chi connectivity index (χ1) is 15.6. The Bertz CT molecular complexity index is 1160. The van der Waals surface area contributed by atoms with E-state index in [0.717, 1.165) is 16.0 Å². The van der Waals surface area contributed by atoms with E-state index < -0.39 is 0 Å². The molecule has 0 unspecified atom stereocenters. The maximum absolute atomic E-state index is 13.3. The lowest BCUT2D eigenvalue weighted by atomic mass is 10.1. The summed E-state index contributed by atoms with van der Waals surface area (Å²) in [4.78, 5) is 17.5. The lowest BCUT2D eigenvalue weighted by Gasteiger charge is -2.21. The Hall–Kier alpha value is -3.43. The van der Waals surface area contributed by atoms with Gasteiger partial charge in [-0.25, -0.2) is 0 Å². The molecule has 0 N–H and O–H groups in total. The van der Waals surface area contributed by atoms with E-state index in [0.29, 0.717) is 55.5 Å². The van der Waals surface area contributed by atoms with E-state index in [9.17, 15) is 4.79 Å². The van der Waals surface area contributed by atoms with Gasteiger partial charge >= 0.3 is 0 Å². The average molecular weight is 448 g/mol. The third-order valence-corrected chi connectivity index (χ3v) is 6.30. The molecular weight excluding hydrogens is 422 g/mol. The van der Waals surface area contributed by atoms with Gasteiger partial charge in [0.15, 0.2) is 11.5 Å². The van der Waals surface area contributed by atoms with Crippen LogP contribution in [0.3, 0.4) is 0 Å². The highest BCUT2D eigenvalue weighted by Gasteiger charge is 2.26. The van der Waals surface area contributed by atoms with Gasteiger partial charge in [-0.05, 0) is 48.9 Å². The van der Waals surface area contributed by atoms with Crippen LogP contribution < -0.4 is 14.2 Å². The molecule has 1 amide bonds. The maximum atomic E-state index is 13.3. The predicted molar refractivity (Wildman–Crippen MR) is 127 cm³/mol. The molecular formula is C26H25NO4S. The van der Waals surface area contributed by atoms with E-state index in [2.05, 4.69) is 31.0 Å². The average Bonchev–Trinajstić information content (AvgIpc) is 3.13. The second-order valence-electron chi connectivity index (χ2n) is 7.45. The lowest BCUT2D eigenvalue weighted by molar-refractivity contribution is 0.0729. The highest BCUT2D eigenvalue weighted by Crippen LogP contribution is 2.40. The number of carbonyl (C=O) groups is 1. The van der Waals surface area contributed by atoms with Gasteiger partial charge in [0.2, 0.25) is 0 Å². The van der Waals surface area contributed by atoms with Gasteiger partial charge in [0.1, 0.15) is 12.4 Å². The van der Waals surface area contributed by atoms with E-state index in [-0.39, 0.29) is 5.91 Å². The third-order valence-electron chi connectivity index (χ3n) is 5.25. The first kappa shape index (κ1) is 21.8. The zero-order valence-electron chi connectivity index (χ0n) is 18.2. The number of hydrogen-bond acceptors (Lipinski definition) is 5. The summed E-state index contributed by atoms with van der Waals surface area (Å²) in [5.74, 6) is 4.40. The van der Waals surface area contributed by atoms with E-state index in [1.165, 1.54) is 4.88 Å². The number of para-hydroxylation sites is 1. The largest absolute Gasteiger partial charge is 0.496 e. The van der Waals surface area contributed by atoms with E-state index >= 15 is 0 Å². The standard InChI is InChI=1S/C26H25NO4S/c1-4-5-13-30-23-16-19(24-11-10-18(2)32-24)15-20-17-27(12-14-31-25(20)23)26(28)21-8-6-7-9-22(21)29-3/h1,6-11,15-16H,5,12-14,17H2,2-3H3. The van der Waals surface area contributed by atoms with Crippen LogP contribution in [0.5, 0.6) is 17.2 Å². The monoisotopic (exact) mass is 447 g/mol. The summed E-state index contributed by atoms with van der Waals surface area (Å²) >= 11 is 1.72. The number of carbonyl (C=O) groups excluding carboxylic acids is 1. The summed E-state index contributed by atoms with van der Waals surface area (Å²) in [5.41, 5.74) is 2.48. The fourth-order valence-corrected chi connectivity index (χ4v) is 4.56. The fraction of sp³-hybridized carbons (Fsp3) is 0.269. The highest BCUT2D eigenvalue weighted by molar-refractivity contribution is 7.15. The van der Waals surface area contributed by atoms with Gasteiger partial charge in [0.05, 0.1) is 25.8 Å². The van der Waals surface area contributed by atoms with Crippen molar-refractivity contribution in [3.05, 3.63) is 64.5 Å². The smallest absolute Gasteiger partial charge is 0.258 e. The molecule has 0 aliphatic carbocycles. The van der Waals surface area contributed by atoms with Crippen molar-refractivity contribution in [1.29, 1.82) is 0 Å². The zero-order valence-corrected chi connectivity index (χ0v) is 19.0. The quantitative estimate of drug-likeness (QED) is 0.386. The molecule has 4 rings (SSSR count). The van der Waals surface area contributed by atoms with Gasteiger partial charge in [-0.3, -0.25) is 4.79 Å². The highest BCUT2D eigenvalue weighted by atomic mass is 32.1. The van der Waals surface area contributed by atoms with Crippen LogP contribution in [0.25, 0.3) is 10.4 Å². The molecule has 6 heteroatoms. The van der Waals surface area contributed by atoms with Gasteiger partial charge in [0.25, 0.3) is 5.91 Å². The van der Waals surface area contributed by atoms with Crippen molar-refractivity contribution in [1.82, 2.24) is 4.90 Å². The van der Waals surface area contributed by atoms with Crippen LogP contribution in [0.4, 0.5) is 0 Å². The summed E-state index contributed by atoms with van der Waals surface area (Å²) in [6, 6.07) is 15.6. The molecule has 1 aliphatic rings. The molecule has 1 aliphatic heterocycles. The lowest BCUT2D eigenvalue weighted by Crippen LogP contribution is -2.32. The molecule has 5 nitrogen and oxygen atoms in total. The molecule has 3 aromatic rings. The van der Waals surface area contributed by atoms with Crippen LogP contribution in [0.15, 0.2) is 48.5 Å². The van der Waals surface area contributed by atoms with E-state index in [1.54, 1.807) is 35.5 Å². The summed E-state index contributed by atoms with van der Waals surface area (Å²) < 4.78 is 17.5. The van der Waals surface area contributed by atoms with Gasteiger partial charge in [-0.2, -0.15) is 0 Å². The molecule has 2 aromatic carbocycles. The SMILES string of the molecule is C#CCCOc1cc(-c2ccc(C)s2)cc2c1OCCN(C(=O)c1ccccc1OC)C2. The Morgan fingerprint density at radius 1 is 1.22 bits per heavy atom. The van der Waals surface area contributed by atoms with Crippen molar-refractivity contribution in [2.24, 2.45) is 0 Å². The first-order valence-electron chi connectivity index (χ1n) is 10.5. The second-order valence-corrected chi connectivity index (χ2v) is 8.74. The first-order valence-corrected chi connectivity index (χ1v) is 11.3.